The highest BCUT2D eigenvalue weighted by atomic mass is 16.5. The lowest BCUT2D eigenvalue weighted by atomic mass is 9.86. The second-order valence-corrected chi connectivity index (χ2v) is 9.87. The van der Waals surface area contributed by atoms with Crippen molar-refractivity contribution in [2.75, 3.05) is 23.1 Å². The van der Waals surface area contributed by atoms with Crippen LogP contribution in [0.4, 0.5) is 17.1 Å². The number of hydrogen-bond acceptors (Lipinski definition) is 4. The van der Waals surface area contributed by atoms with E-state index in [-0.39, 0.29) is 34.4 Å². The Morgan fingerprint density at radius 2 is 1.36 bits per heavy atom. The third-order valence-corrected chi connectivity index (χ3v) is 5.67. The molecule has 0 fully saturated rings. The summed E-state index contributed by atoms with van der Waals surface area (Å²) in [5.41, 5.74) is 3.13. The number of ether oxygens (including phenoxy) is 1. The number of hydrogen-bond donors (Lipinski definition) is 3. The van der Waals surface area contributed by atoms with Crippen LogP contribution >= 0.6 is 0 Å². The van der Waals surface area contributed by atoms with Crippen molar-refractivity contribution in [2.45, 2.75) is 40.0 Å². The van der Waals surface area contributed by atoms with Gasteiger partial charge in [0.05, 0.1) is 18.4 Å². The molecular formula is C29H33N3O4. The molecule has 3 amide bonds. The minimum Gasteiger partial charge on any atom is -0.497 e. The quantitative estimate of drug-likeness (QED) is 0.376. The molecule has 0 aliphatic rings. The average molecular weight is 488 g/mol. The molecule has 0 radical (unpaired) electrons. The van der Waals surface area contributed by atoms with E-state index in [1.165, 1.54) is 0 Å². The summed E-state index contributed by atoms with van der Waals surface area (Å²) in [6.07, 6.45) is 0. The molecule has 0 heterocycles. The van der Waals surface area contributed by atoms with Crippen LogP contribution in [-0.2, 0) is 10.2 Å². The van der Waals surface area contributed by atoms with Crippen molar-refractivity contribution in [2.24, 2.45) is 5.92 Å². The molecule has 0 saturated heterocycles. The van der Waals surface area contributed by atoms with Crippen LogP contribution in [0.1, 0.15) is 60.9 Å². The largest absolute Gasteiger partial charge is 0.497 e. The van der Waals surface area contributed by atoms with E-state index in [0.717, 1.165) is 5.56 Å². The highest BCUT2D eigenvalue weighted by molar-refractivity contribution is 6.13. The van der Waals surface area contributed by atoms with E-state index in [1.54, 1.807) is 75.6 Å². The van der Waals surface area contributed by atoms with Crippen LogP contribution in [0.3, 0.4) is 0 Å². The predicted octanol–water partition coefficient (Wildman–Crippen LogP) is 6.09. The predicted molar refractivity (Wildman–Crippen MR) is 144 cm³/mol. The smallest absolute Gasteiger partial charge is 0.257 e. The van der Waals surface area contributed by atoms with Gasteiger partial charge < -0.3 is 20.7 Å². The lowest BCUT2D eigenvalue weighted by Crippen LogP contribution is -2.20. The Labute approximate surface area is 212 Å². The summed E-state index contributed by atoms with van der Waals surface area (Å²) in [7, 11) is 1.57. The summed E-state index contributed by atoms with van der Waals surface area (Å²) in [4.78, 5) is 38.4. The number of benzene rings is 3. The maximum Gasteiger partial charge on any atom is 0.257 e. The van der Waals surface area contributed by atoms with Gasteiger partial charge in [-0.1, -0.05) is 46.8 Å². The Balaban J connectivity index is 1.89. The zero-order chi connectivity index (χ0) is 26.5. The lowest BCUT2D eigenvalue weighted by molar-refractivity contribution is -0.118. The fourth-order valence-electron chi connectivity index (χ4n) is 3.40. The number of amides is 3. The van der Waals surface area contributed by atoms with Crippen LogP contribution in [0.5, 0.6) is 5.75 Å². The second kappa shape index (κ2) is 11.1. The second-order valence-electron chi connectivity index (χ2n) is 9.87. The molecule has 0 unspecified atom stereocenters. The van der Waals surface area contributed by atoms with Crippen LogP contribution in [0, 0.1) is 5.92 Å². The molecule has 0 saturated carbocycles. The van der Waals surface area contributed by atoms with Crippen LogP contribution in [0.25, 0.3) is 0 Å². The van der Waals surface area contributed by atoms with Crippen LogP contribution in [-0.4, -0.2) is 24.8 Å². The number of methoxy groups -OCH3 is 1. The van der Waals surface area contributed by atoms with Crippen molar-refractivity contribution < 1.29 is 19.1 Å². The van der Waals surface area contributed by atoms with E-state index in [2.05, 4.69) is 36.7 Å². The lowest BCUT2D eigenvalue weighted by Gasteiger charge is -2.19. The molecule has 7 nitrogen and oxygen atoms in total. The van der Waals surface area contributed by atoms with E-state index in [0.29, 0.717) is 22.7 Å². The highest BCUT2D eigenvalue weighted by Crippen LogP contribution is 2.26. The molecule has 7 heteroatoms. The number of carbonyl (C=O) groups is 3. The molecule has 0 bridgehead atoms. The van der Waals surface area contributed by atoms with Gasteiger partial charge in [-0.25, -0.2) is 0 Å². The first-order chi connectivity index (χ1) is 17.0. The fraction of sp³-hybridized carbons (Fsp3) is 0.276. The molecule has 0 aliphatic heterocycles. The first-order valence-electron chi connectivity index (χ1n) is 11.8. The van der Waals surface area contributed by atoms with Crippen molar-refractivity contribution in [3.05, 3.63) is 83.4 Å². The first kappa shape index (κ1) is 26.5. The number of anilines is 3. The molecule has 3 rings (SSSR count). The Morgan fingerprint density at radius 1 is 0.750 bits per heavy atom. The minimum atomic E-state index is -0.403. The summed E-state index contributed by atoms with van der Waals surface area (Å²) in [5.74, 6) is -0.479. The molecular weight excluding hydrogens is 454 g/mol. The Hall–Kier alpha value is -4.13. The van der Waals surface area contributed by atoms with Gasteiger partial charge in [-0.15, -0.1) is 0 Å². The maximum absolute atomic E-state index is 13.1. The van der Waals surface area contributed by atoms with Gasteiger partial charge in [0, 0.05) is 22.9 Å². The monoisotopic (exact) mass is 487 g/mol. The molecule has 0 atom stereocenters. The van der Waals surface area contributed by atoms with Crippen molar-refractivity contribution in [1.82, 2.24) is 0 Å². The number of nitrogens with one attached hydrogen (secondary N) is 3. The van der Waals surface area contributed by atoms with Gasteiger partial charge in [-0.3, -0.25) is 14.4 Å². The van der Waals surface area contributed by atoms with Gasteiger partial charge in [-0.05, 0) is 65.6 Å². The van der Waals surface area contributed by atoms with Gasteiger partial charge >= 0.3 is 0 Å². The number of carbonyl (C=O) groups excluding carboxylic acids is 3. The SMILES string of the molecule is COc1ccc(NC(=O)c2ccc(NC(=O)C(C)C)cc2NC(=O)c2ccc(C(C)(C)C)cc2)cc1. The van der Waals surface area contributed by atoms with Crippen molar-refractivity contribution >= 4 is 34.8 Å². The van der Waals surface area contributed by atoms with Crippen LogP contribution in [0.15, 0.2) is 66.7 Å². The molecule has 0 aromatic heterocycles. The fourth-order valence-corrected chi connectivity index (χ4v) is 3.40. The normalized spacial score (nSPS) is 11.1. The van der Waals surface area contributed by atoms with Gasteiger partial charge in [0.1, 0.15) is 5.75 Å². The first-order valence-corrected chi connectivity index (χ1v) is 11.8. The molecule has 0 spiro atoms. The average Bonchev–Trinajstić information content (AvgIpc) is 2.84. The zero-order valence-corrected chi connectivity index (χ0v) is 21.6. The molecule has 3 aromatic carbocycles. The zero-order valence-electron chi connectivity index (χ0n) is 21.6. The molecule has 188 valence electrons. The topological polar surface area (TPSA) is 96.5 Å². The van der Waals surface area contributed by atoms with Gasteiger partial charge in [0.15, 0.2) is 0 Å². The highest BCUT2D eigenvalue weighted by Gasteiger charge is 2.18. The van der Waals surface area contributed by atoms with Crippen molar-refractivity contribution in [3.63, 3.8) is 0 Å². The summed E-state index contributed by atoms with van der Waals surface area (Å²) >= 11 is 0. The molecule has 36 heavy (non-hydrogen) atoms. The summed E-state index contributed by atoms with van der Waals surface area (Å²) in [6, 6.07) is 19.1. The molecule has 3 N–H and O–H groups in total. The van der Waals surface area contributed by atoms with E-state index in [4.69, 9.17) is 4.74 Å². The van der Waals surface area contributed by atoms with E-state index in [9.17, 15) is 14.4 Å². The Bertz CT molecular complexity index is 1240. The van der Waals surface area contributed by atoms with E-state index in [1.807, 2.05) is 12.1 Å². The van der Waals surface area contributed by atoms with Crippen molar-refractivity contribution in [3.8, 4) is 5.75 Å². The van der Waals surface area contributed by atoms with Crippen LogP contribution in [0.2, 0.25) is 0 Å². The molecule has 0 aliphatic carbocycles. The Morgan fingerprint density at radius 3 is 1.92 bits per heavy atom. The molecule has 3 aromatic rings. The van der Waals surface area contributed by atoms with Gasteiger partial charge in [0.2, 0.25) is 5.91 Å². The van der Waals surface area contributed by atoms with Gasteiger partial charge in [-0.2, -0.15) is 0 Å². The Kier molecular flexibility index (Phi) is 8.14. The third kappa shape index (κ3) is 6.72. The van der Waals surface area contributed by atoms with Crippen molar-refractivity contribution in [1.29, 1.82) is 0 Å². The standard InChI is InChI=1S/C29H33N3O4/c1-18(2)26(33)31-22-13-16-24(28(35)30-21-11-14-23(36-6)15-12-21)25(17-22)32-27(34)19-7-9-20(10-8-19)29(3,4)5/h7-18H,1-6H3,(H,30,35)(H,31,33)(H,32,34). The van der Waals surface area contributed by atoms with Gasteiger partial charge in [0.25, 0.3) is 11.8 Å². The summed E-state index contributed by atoms with van der Waals surface area (Å²) < 4.78 is 5.16. The van der Waals surface area contributed by atoms with E-state index >= 15 is 0 Å². The third-order valence-electron chi connectivity index (χ3n) is 5.67. The maximum atomic E-state index is 13.1. The van der Waals surface area contributed by atoms with Crippen LogP contribution < -0.4 is 20.7 Å². The summed E-state index contributed by atoms with van der Waals surface area (Å²) in [5, 5.41) is 8.49. The summed E-state index contributed by atoms with van der Waals surface area (Å²) in [6.45, 7) is 9.89. The number of rotatable bonds is 7. The minimum absolute atomic E-state index is 0.0370. The van der Waals surface area contributed by atoms with E-state index < -0.39 is 5.91 Å².